The number of hydrogen-bond donors (Lipinski definition) is 1. The molecule has 0 saturated carbocycles. The van der Waals surface area contributed by atoms with Crippen molar-refractivity contribution in [3.63, 3.8) is 0 Å². The number of benzene rings is 1. The fourth-order valence-corrected chi connectivity index (χ4v) is 3.34. The lowest BCUT2D eigenvalue weighted by Gasteiger charge is -2.21. The van der Waals surface area contributed by atoms with Crippen LogP contribution < -0.4 is 0 Å². The molecular formula is C17H20BrN3O2. The van der Waals surface area contributed by atoms with Crippen molar-refractivity contribution in [2.45, 2.75) is 19.8 Å². The number of H-pyrrole nitrogens is 1. The number of nitrogens with zero attached hydrogens (tertiary/aromatic N) is 2. The largest absolute Gasteiger partial charge is 0.350 e. The van der Waals surface area contributed by atoms with Crippen LogP contribution in [0.25, 0.3) is 10.9 Å². The minimum atomic E-state index is 0.00289. The molecule has 1 aliphatic rings. The van der Waals surface area contributed by atoms with Crippen molar-refractivity contribution in [3.8, 4) is 0 Å². The van der Waals surface area contributed by atoms with Gasteiger partial charge in [-0.1, -0.05) is 28.9 Å². The maximum Gasteiger partial charge on any atom is 0.270 e. The van der Waals surface area contributed by atoms with E-state index in [1.165, 1.54) is 0 Å². The highest BCUT2D eigenvalue weighted by molar-refractivity contribution is 9.10. The van der Waals surface area contributed by atoms with Crippen LogP contribution in [-0.2, 0) is 4.79 Å². The molecule has 1 aromatic heterocycles. The third-order valence-corrected chi connectivity index (χ3v) is 4.75. The Labute approximate surface area is 143 Å². The van der Waals surface area contributed by atoms with Gasteiger partial charge in [0.05, 0.1) is 0 Å². The summed E-state index contributed by atoms with van der Waals surface area (Å²) in [4.78, 5) is 31.5. The Morgan fingerprint density at radius 3 is 2.65 bits per heavy atom. The number of aromatic nitrogens is 1. The van der Waals surface area contributed by atoms with Crippen molar-refractivity contribution in [1.29, 1.82) is 0 Å². The van der Waals surface area contributed by atoms with Gasteiger partial charge in [0.2, 0.25) is 5.91 Å². The molecule has 2 aromatic rings. The van der Waals surface area contributed by atoms with Gasteiger partial charge in [-0.25, -0.2) is 0 Å². The molecule has 0 unspecified atom stereocenters. The third kappa shape index (κ3) is 3.42. The molecule has 5 nitrogen and oxygen atoms in total. The highest BCUT2D eigenvalue weighted by Gasteiger charge is 2.23. The van der Waals surface area contributed by atoms with Crippen LogP contribution >= 0.6 is 15.9 Å². The summed E-state index contributed by atoms with van der Waals surface area (Å²) < 4.78 is 0.981. The number of nitrogens with one attached hydrogen (secondary N) is 1. The van der Waals surface area contributed by atoms with Crippen molar-refractivity contribution in [3.05, 3.63) is 34.4 Å². The van der Waals surface area contributed by atoms with Gasteiger partial charge in [0.15, 0.2) is 0 Å². The van der Waals surface area contributed by atoms with Crippen molar-refractivity contribution in [1.82, 2.24) is 14.8 Å². The van der Waals surface area contributed by atoms with Crippen LogP contribution in [0.1, 0.15) is 30.3 Å². The molecule has 122 valence electrons. The Morgan fingerprint density at radius 1 is 1.13 bits per heavy atom. The maximum atomic E-state index is 12.7. The lowest BCUT2D eigenvalue weighted by molar-refractivity contribution is -0.130. The SMILES string of the molecule is CCC(=O)N1CCCN(C(=O)c2cc3ccc(Br)cc3[nH]2)CC1. The predicted octanol–water partition coefficient (Wildman–Crippen LogP) is 3.01. The number of carbonyl (C=O) groups is 2. The Bertz CT molecular complexity index is 741. The molecule has 0 bridgehead atoms. The highest BCUT2D eigenvalue weighted by atomic mass is 79.9. The van der Waals surface area contributed by atoms with Gasteiger partial charge >= 0.3 is 0 Å². The van der Waals surface area contributed by atoms with Crippen molar-refractivity contribution in [2.75, 3.05) is 26.2 Å². The Morgan fingerprint density at radius 2 is 1.87 bits per heavy atom. The van der Waals surface area contributed by atoms with Crippen LogP contribution in [0.15, 0.2) is 28.7 Å². The number of amides is 2. The van der Waals surface area contributed by atoms with Gasteiger partial charge in [-0.05, 0) is 24.6 Å². The van der Waals surface area contributed by atoms with Gasteiger partial charge in [0, 0.05) is 48.0 Å². The first-order valence-corrected chi connectivity index (χ1v) is 8.73. The molecule has 1 aromatic carbocycles. The molecule has 0 radical (unpaired) electrons. The van der Waals surface area contributed by atoms with Gasteiger partial charge in [0.1, 0.15) is 5.69 Å². The summed E-state index contributed by atoms with van der Waals surface area (Å²) in [6.45, 7) is 4.49. The van der Waals surface area contributed by atoms with Crippen LogP contribution in [0.4, 0.5) is 0 Å². The quantitative estimate of drug-likeness (QED) is 0.874. The van der Waals surface area contributed by atoms with Crippen molar-refractivity contribution >= 4 is 38.6 Å². The molecule has 1 aliphatic heterocycles. The molecule has 6 heteroatoms. The molecule has 2 heterocycles. The monoisotopic (exact) mass is 377 g/mol. The van der Waals surface area contributed by atoms with Crippen LogP contribution in [0.2, 0.25) is 0 Å². The minimum absolute atomic E-state index is 0.00289. The Kier molecular flexibility index (Phi) is 4.71. The van der Waals surface area contributed by atoms with Crippen LogP contribution in [0, 0.1) is 0 Å². The van der Waals surface area contributed by atoms with E-state index in [0.29, 0.717) is 31.7 Å². The first kappa shape index (κ1) is 16.1. The average molecular weight is 378 g/mol. The molecule has 1 saturated heterocycles. The number of rotatable bonds is 2. The van der Waals surface area contributed by atoms with E-state index in [0.717, 1.165) is 28.3 Å². The summed E-state index contributed by atoms with van der Waals surface area (Å²) in [7, 11) is 0. The molecule has 2 amide bonds. The summed E-state index contributed by atoms with van der Waals surface area (Å²) in [5, 5.41) is 1.02. The number of aromatic amines is 1. The molecule has 1 fully saturated rings. The first-order chi connectivity index (χ1) is 11.1. The second kappa shape index (κ2) is 6.74. The number of halogens is 1. The van der Waals surface area contributed by atoms with E-state index in [9.17, 15) is 9.59 Å². The van der Waals surface area contributed by atoms with E-state index in [1.807, 2.05) is 41.0 Å². The van der Waals surface area contributed by atoms with Crippen LogP contribution in [0.5, 0.6) is 0 Å². The second-order valence-electron chi connectivity index (χ2n) is 5.79. The predicted molar refractivity (Wildman–Crippen MR) is 93.4 cm³/mol. The zero-order valence-corrected chi connectivity index (χ0v) is 14.7. The van der Waals surface area contributed by atoms with Gasteiger partial charge in [-0.15, -0.1) is 0 Å². The molecular weight excluding hydrogens is 358 g/mol. The topological polar surface area (TPSA) is 56.4 Å². The smallest absolute Gasteiger partial charge is 0.270 e. The molecule has 3 rings (SSSR count). The normalized spacial score (nSPS) is 15.7. The highest BCUT2D eigenvalue weighted by Crippen LogP contribution is 2.21. The third-order valence-electron chi connectivity index (χ3n) is 4.25. The fourth-order valence-electron chi connectivity index (χ4n) is 2.98. The zero-order valence-electron chi connectivity index (χ0n) is 13.1. The number of carbonyl (C=O) groups excluding carboxylic acids is 2. The Hall–Kier alpha value is -1.82. The summed E-state index contributed by atoms with van der Waals surface area (Å²) >= 11 is 3.44. The van der Waals surface area contributed by atoms with E-state index in [4.69, 9.17) is 0 Å². The van der Waals surface area contributed by atoms with E-state index in [2.05, 4.69) is 20.9 Å². The molecule has 23 heavy (non-hydrogen) atoms. The van der Waals surface area contributed by atoms with Crippen LogP contribution in [0.3, 0.4) is 0 Å². The molecule has 0 aliphatic carbocycles. The molecule has 0 spiro atoms. The zero-order chi connectivity index (χ0) is 16.4. The Balaban J connectivity index is 1.75. The van der Waals surface area contributed by atoms with Gasteiger partial charge in [0.25, 0.3) is 5.91 Å². The average Bonchev–Trinajstić information content (AvgIpc) is 2.81. The first-order valence-electron chi connectivity index (χ1n) is 7.94. The van der Waals surface area contributed by atoms with E-state index < -0.39 is 0 Å². The fraction of sp³-hybridized carbons (Fsp3) is 0.412. The van der Waals surface area contributed by atoms with Crippen LogP contribution in [-0.4, -0.2) is 52.8 Å². The summed E-state index contributed by atoms with van der Waals surface area (Å²) in [5.74, 6) is 0.165. The van der Waals surface area contributed by atoms with Crippen molar-refractivity contribution < 1.29 is 9.59 Å². The number of hydrogen-bond acceptors (Lipinski definition) is 2. The van der Waals surface area contributed by atoms with E-state index in [-0.39, 0.29) is 11.8 Å². The summed E-state index contributed by atoms with van der Waals surface area (Å²) in [6.07, 6.45) is 1.34. The lowest BCUT2D eigenvalue weighted by Crippen LogP contribution is -2.37. The summed E-state index contributed by atoms with van der Waals surface area (Å²) in [5.41, 5.74) is 1.55. The molecule has 0 atom stereocenters. The van der Waals surface area contributed by atoms with Gasteiger partial charge < -0.3 is 14.8 Å². The summed E-state index contributed by atoms with van der Waals surface area (Å²) in [6, 6.07) is 7.81. The van der Waals surface area contributed by atoms with Crippen molar-refractivity contribution in [2.24, 2.45) is 0 Å². The van der Waals surface area contributed by atoms with E-state index >= 15 is 0 Å². The van der Waals surface area contributed by atoms with Gasteiger partial charge in [-0.3, -0.25) is 9.59 Å². The number of fused-ring (bicyclic) bond motifs is 1. The van der Waals surface area contributed by atoms with Gasteiger partial charge in [-0.2, -0.15) is 0 Å². The lowest BCUT2D eigenvalue weighted by atomic mass is 10.2. The van der Waals surface area contributed by atoms with E-state index in [1.54, 1.807) is 0 Å². The minimum Gasteiger partial charge on any atom is -0.350 e. The maximum absolute atomic E-state index is 12.7. The standard InChI is InChI=1S/C17H20BrN3O2/c1-2-16(22)20-6-3-7-21(9-8-20)17(23)15-10-12-4-5-13(18)11-14(12)19-15/h4-5,10-11,19H,2-3,6-9H2,1H3. The molecule has 1 N–H and O–H groups in total. The second-order valence-corrected chi connectivity index (χ2v) is 6.71.